The van der Waals surface area contributed by atoms with Crippen LogP contribution in [-0.2, 0) is 6.54 Å². The minimum Gasteiger partial charge on any atom is -0.494 e. The smallest absolute Gasteiger partial charge is 0.188 e. The van der Waals surface area contributed by atoms with Crippen LogP contribution >= 0.6 is 37.2 Å². The first-order chi connectivity index (χ1) is 17.3. The normalized spacial score (nSPS) is 14.1. The molecule has 216 valence electrons. The number of ether oxygens (including phenoxy) is 1. The van der Waals surface area contributed by atoms with E-state index in [0.29, 0.717) is 12.5 Å². The van der Waals surface area contributed by atoms with Crippen molar-refractivity contribution in [2.24, 2.45) is 10.7 Å². The van der Waals surface area contributed by atoms with Gasteiger partial charge < -0.3 is 25.6 Å². The van der Waals surface area contributed by atoms with Gasteiger partial charge in [0, 0.05) is 32.7 Å². The number of nitrogens with one attached hydrogen (secondary N) is 1. The third-order valence-electron chi connectivity index (χ3n) is 6.58. The Bertz CT molecular complexity index is 821. The van der Waals surface area contributed by atoms with Crippen LogP contribution < -0.4 is 15.8 Å². The Morgan fingerprint density at radius 1 is 0.711 bits per heavy atom. The van der Waals surface area contributed by atoms with Crippen LogP contribution in [0, 0.1) is 0 Å². The van der Waals surface area contributed by atoms with Gasteiger partial charge in [0.25, 0.3) is 0 Å². The fraction of sp³-hybridized carbons (Fsp3) is 0.552. The fourth-order valence-corrected chi connectivity index (χ4v) is 4.40. The Kier molecular flexibility index (Phi) is 22.2. The average molecular weight is 589 g/mol. The number of hydrogen-bond acceptors (Lipinski definition) is 4. The Hall–Kier alpha value is -1.70. The Morgan fingerprint density at radius 2 is 1.24 bits per heavy atom. The SMILES string of the molecule is Cl.Cl.Cl.NC(=NCc1ccccc1)NCCCCN1CCN(CCCCCCCOc2ccccc2)CC1. The maximum absolute atomic E-state index is 5.98. The third-order valence-corrected chi connectivity index (χ3v) is 6.58. The van der Waals surface area contributed by atoms with Gasteiger partial charge in [-0.2, -0.15) is 0 Å². The average Bonchev–Trinajstić information content (AvgIpc) is 2.91. The Morgan fingerprint density at radius 3 is 1.87 bits per heavy atom. The molecule has 9 heteroatoms. The van der Waals surface area contributed by atoms with Crippen molar-refractivity contribution < 1.29 is 4.74 Å². The lowest BCUT2D eigenvalue weighted by Crippen LogP contribution is -2.46. The lowest BCUT2D eigenvalue weighted by molar-refractivity contribution is 0.129. The minimum atomic E-state index is 0. The molecule has 3 rings (SSSR count). The predicted molar refractivity (Wildman–Crippen MR) is 169 cm³/mol. The highest BCUT2D eigenvalue weighted by Gasteiger charge is 2.15. The predicted octanol–water partition coefficient (Wildman–Crippen LogP) is 5.78. The van der Waals surface area contributed by atoms with E-state index < -0.39 is 0 Å². The maximum Gasteiger partial charge on any atom is 0.188 e. The molecule has 0 radical (unpaired) electrons. The van der Waals surface area contributed by atoms with E-state index in [2.05, 4.69) is 32.2 Å². The number of nitrogens with zero attached hydrogens (tertiary/aromatic N) is 3. The molecule has 1 aliphatic heterocycles. The lowest BCUT2D eigenvalue weighted by Gasteiger charge is -2.34. The summed E-state index contributed by atoms with van der Waals surface area (Å²) < 4.78 is 5.77. The summed E-state index contributed by atoms with van der Waals surface area (Å²) in [5.41, 5.74) is 7.16. The van der Waals surface area contributed by atoms with Crippen LogP contribution in [0.25, 0.3) is 0 Å². The second kappa shape index (κ2) is 23.2. The zero-order chi connectivity index (χ0) is 24.4. The number of piperazine rings is 1. The highest BCUT2D eigenvalue weighted by Crippen LogP contribution is 2.11. The van der Waals surface area contributed by atoms with Gasteiger partial charge in [-0.15, -0.1) is 37.2 Å². The topological polar surface area (TPSA) is 66.1 Å². The van der Waals surface area contributed by atoms with Crippen LogP contribution in [0.3, 0.4) is 0 Å². The van der Waals surface area contributed by atoms with Gasteiger partial charge in [0.2, 0.25) is 0 Å². The van der Waals surface area contributed by atoms with Crippen molar-refractivity contribution in [2.75, 3.05) is 52.4 Å². The van der Waals surface area contributed by atoms with E-state index in [1.807, 2.05) is 48.5 Å². The van der Waals surface area contributed by atoms with Crippen molar-refractivity contribution >= 4 is 43.2 Å². The number of rotatable bonds is 16. The lowest BCUT2D eigenvalue weighted by atomic mass is 10.1. The summed E-state index contributed by atoms with van der Waals surface area (Å²) in [5.74, 6) is 1.53. The number of guanidine groups is 1. The number of nitrogens with two attached hydrogens (primary N) is 1. The summed E-state index contributed by atoms with van der Waals surface area (Å²) in [6, 6.07) is 20.3. The van der Waals surface area contributed by atoms with Gasteiger partial charge in [0.05, 0.1) is 13.2 Å². The number of aliphatic imine (C=N–C) groups is 1. The minimum absolute atomic E-state index is 0. The molecule has 0 amide bonds. The first kappa shape index (κ1) is 36.3. The second-order valence-electron chi connectivity index (χ2n) is 9.43. The standard InChI is InChI=1S/C29H45N5O.3ClH/c30-29(32-26-27-14-6-4-7-15-27)31-18-10-12-20-34-23-21-33(22-24-34)19-11-2-1-3-13-25-35-28-16-8-5-9-17-28;;;/h4-9,14-17H,1-3,10-13,18-26H2,(H3,30,31,32);3*1H. The van der Waals surface area contributed by atoms with Gasteiger partial charge >= 0.3 is 0 Å². The van der Waals surface area contributed by atoms with Gasteiger partial charge in [-0.1, -0.05) is 67.8 Å². The number of halogens is 3. The molecule has 0 aliphatic carbocycles. The van der Waals surface area contributed by atoms with E-state index in [1.165, 1.54) is 76.9 Å². The van der Waals surface area contributed by atoms with E-state index in [4.69, 9.17) is 10.5 Å². The van der Waals surface area contributed by atoms with Gasteiger partial charge in [0.15, 0.2) is 5.96 Å². The highest BCUT2D eigenvalue weighted by molar-refractivity contribution is 5.86. The monoisotopic (exact) mass is 587 g/mol. The molecule has 0 atom stereocenters. The van der Waals surface area contributed by atoms with Crippen LogP contribution in [0.1, 0.15) is 50.5 Å². The van der Waals surface area contributed by atoms with Gasteiger partial charge in [-0.05, 0) is 56.5 Å². The van der Waals surface area contributed by atoms with E-state index in [-0.39, 0.29) is 37.2 Å². The van der Waals surface area contributed by atoms with Crippen LogP contribution in [-0.4, -0.2) is 68.2 Å². The largest absolute Gasteiger partial charge is 0.494 e. The molecule has 1 fully saturated rings. The van der Waals surface area contributed by atoms with Crippen molar-refractivity contribution in [3.8, 4) is 5.75 Å². The van der Waals surface area contributed by atoms with Crippen LogP contribution in [0.15, 0.2) is 65.7 Å². The molecule has 1 saturated heterocycles. The summed E-state index contributed by atoms with van der Waals surface area (Å²) in [4.78, 5) is 9.66. The molecule has 0 unspecified atom stereocenters. The first-order valence-corrected chi connectivity index (χ1v) is 13.5. The molecule has 0 saturated carbocycles. The van der Waals surface area contributed by atoms with Crippen LogP contribution in [0.4, 0.5) is 0 Å². The number of para-hydroxylation sites is 1. The molecular formula is C29H48Cl3N5O. The van der Waals surface area contributed by atoms with E-state index in [0.717, 1.165) is 31.7 Å². The van der Waals surface area contributed by atoms with E-state index in [9.17, 15) is 0 Å². The van der Waals surface area contributed by atoms with E-state index in [1.54, 1.807) is 0 Å². The van der Waals surface area contributed by atoms with Crippen molar-refractivity contribution in [2.45, 2.75) is 51.5 Å². The summed E-state index contributed by atoms with van der Waals surface area (Å²) in [6.45, 7) is 9.61. The van der Waals surface area contributed by atoms with Crippen LogP contribution in [0.2, 0.25) is 0 Å². The Balaban J connectivity index is 0.00000456. The van der Waals surface area contributed by atoms with Crippen molar-refractivity contribution in [1.82, 2.24) is 15.1 Å². The molecule has 0 aromatic heterocycles. The molecule has 3 N–H and O–H groups in total. The number of benzene rings is 2. The summed E-state index contributed by atoms with van der Waals surface area (Å²) in [5, 5.41) is 3.24. The van der Waals surface area contributed by atoms with Crippen molar-refractivity contribution in [3.05, 3.63) is 66.2 Å². The summed E-state index contributed by atoms with van der Waals surface area (Å²) in [7, 11) is 0. The zero-order valence-electron chi connectivity index (χ0n) is 22.6. The van der Waals surface area contributed by atoms with Gasteiger partial charge in [-0.25, -0.2) is 4.99 Å². The number of hydrogen-bond donors (Lipinski definition) is 2. The molecule has 0 bridgehead atoms. The van der Waals surface area contributed by atoms with Gasteiger partial charge in [0.1, 0.15) is 5.75 Å². The summed E-state index contributed by atoms with van der Waals surface area (Å²) >= 11 is 0. The molecule has 1 heterocycles. The molecule has 2 aromatic carbocycles. The number of unbranched alkanes of at least 4 members (excludes halogenated alkanes) is 5. The van der Waals surface area contributed by atoms with Crippen LogP contribution in [0.5, 0.6) is 5.75 Å². The van der Waals surface area contributed by atoms with E-state index >= 15 is 0 Å². The maximum atomic E-state index is 5.98. The molecule has 2 aromatic rings. The quantitative estimate of drug-likeness (QED) is 0.148. The van der Waals surface area contributed by atoms with Crippen molar-refractivity contribution in [3.63, 3.8) is 0 Å². The van der Waals surface area contributed by atoms with Crippen molar-refractivity contribution in [1.29, 1.82) is 0 Å². The Labute approximate surface area is 249 Å². The molecule has 0 spiro atoms. The second-order valence-corrected chi connectivity index (χ2v) is 9.43. The van der Waals surface area contributed by atoms with Gasteiger partial charge in [-0.3, -0.25) is 0 Å². The third kappa shape index (κ3) is 16.3. The molecule has 1 aliphatic rings. The molecule has 6 nitrogen and oxygen atoms in total. The zero-order valence-corrected chi connectivity index (χ0v) is 25.1. The molecular weight excluding hydrogens is 541 g/mol. The summed E-state index contributed by atoms with van der Waals surface area (Å²) in [6.07, 6.45) is 8.70. The molecule has 38 heavy (non-hydrogen) atoms. The highest BCUT2D eigenvalue weighted by atomic mass is 35.5. The first-order valence-electron chi connectivity index (χ1n) is 13.5. The fourth-order valence-electron chi connectivity index (χ4n) is 4.40.